The molecule has 2 rings (SSSR count). The standard InChI is InChI=1S/C21H28O/c1-16-10-11-19(18-8-6-5-7-9-18)17(2)20(22)13-15-21(3,4)14-12-16/h5-9,12-13,15,17,19H,10-11,14H2,1-4H3/b15-13+,16-12+/t17?,19-/m1/s1. The number of rotatable bonds is 1. The lowest BCUT2D eigenvalue weighted by molar-refractivity contribution is -0.118. The molecule has 0 amide bonds. The van der Waals surface area contributed by atoms with Crippen molar-refractivity contribution in [3.63, 3.8) is 0 Å². The second-order valence-electron chi connectivity index (χ2n) is 7.32. The number of benzene rings is 1. The van der Waals surface area contributed by atoms with Crippen molar-refractivity contribution < 1.29 is 4.79 Å². The summed E-state index contributed by atoms with van der Waals surface area (Å²) in [5.41, 5.74) is 2.76. The first-order valence-corrected chi connectivity index (χ1v) is 8.33. The average Bonchev–Trinajstić information content (AvgIpc) is 2.52. The number of allylic oxidation sites excluding steroid dienone is 4. The van der Waals surface area contributed by atoms with Crippen LogP contribution in [0.25, 0.3) is 0 Å². The van der Waals surface area contributed by atoms with Gasteiger partial charge in [-0.1, -0.05) is 68.8 Å². The van der Waals surface area contributed by atoms with Crippen LogP contribution in [0.3, 0.4) is 0 Å². The van der Waals surface area contributed by atoms with Crippen molar-refractivity contribution in [2.75, 3.05) is 0 Å². The maximum atomic E-state index is 12.6. The number of ketones is 1. The molecule has 0 spiro atoms. The molecule has 0 radical (unpaired) electrons. The fourth-order valence-corrected chi connectivity index (χ4v) is 3.05. The van der Waals surface area contributed by atoms with Gasteiger partial charge in [0, 0.05) is 5.92 Å². The molecule has 1 heteroatoms. The Morgan fingerprint density at radius 1 is 1.14 bits per heavy atom. The second-order valence-corrected chi connectivity index (χ2v) is 7.32. The van der Waals surface area contributed by atoms with Gasteiger partial charge in [0.15, 0.2) is 5.78 Å². The number of carbonyl (C=O) groups excluding carboxylic acids is 1. The van der Waals surface area contributed by atoms with Gasteiger partial charge in [-0.05, 0) is 49.2 Å². The quantitative estimate of drug-likeness (QED) is 0.609. The minimum Gasteiger partial charge on any atom is -0.295 e. The van der Waals surface area contributed by atoms with Crippen LogP contribution in [0.4, 0.5) is 0 Å². The molecule has 118 valence electrons. The topological polar surface area (TPSA) is 17.1 Å². The van der Waals surface area contributed by atoms with Crippen LogP contribution in [0, 0.1) is 11.3 Å². The van der Waals surface area contributed by atoms with E-state index in [0.717, 1.165) is 19.3 Å². The maximum Gasteiger partial charge on any atom is 0.158 e. The molecule has 1 aliphatic carbocycles. The lowest BCUT2D eigenvalue weighted by atomic mass is 9.80. The molecule has 1 unspecified atom stereocenters. The molecule has 1 nitrogen and oxygen atoms in total. The van der Waals surface area contributed by atoms with Crippen LogP contribution >= 0.6 is 0 Å². The van der Waals surface area contributed by atoms with Gasteiger partial charge in [-0.15, -0.1) is 0 Å². The average molecular weight is 296 g/mol. The van der Waals surface area contributed by atoms with E-state index in [9.17, 15) is 4.79 Å². The van der Waals surface area contributed by atoms with Gasteiger partial charge in [0.2, 0.25) is 0 Å². The summed E-state index contributed by atoms with van der Waals surface area (Å²) in [6.45, 7) is 8.68. The Bertz CT molecular complexity index is 563. The zero-order chi connectivity index (χ0) is 16.2. The van der Waals surface area contributed by atoms with Gasteiger partial charge in [0.1, 0.15) is 0 Å². The lowest BCUT2D eigenvalue weighted by Crippen LogP contribution is -2.18. The highest BCUT2D eigenvalue weighted by molar-refractivity contribution is 5.92. The summed E-state index contributed by atoms with van der Waals surface area (Å²) in [4.78, 5) is 12.6. The zero-order valence-corrected chi connectivity index (χ0v) is 14.3. The third kappa shape index (κ3) is 4.43. The van der Waals surface area contributed by atoms with Crippen molar-refractivity contribution in [1.29, 1.82) is 0 Å². The molecule has 1 aliphatic rings. The van der Waals surface area contributed by atoms with E-state index in [-0.39, 0.29) is 17.1 Å². The molecular formula is C21H28O. The molecule has 0 saturated carbocycles. The van der Waals surface area contributed by atoms with E-state index in [1.807, 2.05) is 12.1 Å². The van der Waals surface area contributed by atoms with Crippen LogP contribution in [0.2, 0.25) is 0 Å². The molecule has 2 atom stereocenters. The summed E-state index contributed by atoms with van der Waals surface area (Å²) in [7, 11) is 0. The van der Waals surface area contributed by atoms with Gasteiger partial charge in [-0.25, -0.2) is 0 Å². The minimum absolute atomic E-state index is 0.0281. The number of carbonyl (C=O) groups is 1. The van der Waals surface area contributed by atoms with Crippen molar-refractivity contribution in [3.05, 3.63) is 59.7 Å². The summed E-state index contributed by atoms with van der Waals surface area (Å²) >= 11 is 0. The summed E-state index contributed by atoms with van der Waals surface area (Å²) in [5.74, 6) is 0.574. The maximum absolute atomic E-state index is 12.6. The first kappa shape index (κ1) is 16.7. The highest BCUT2D eigenvalue weighted by atomic mass is 16.1. The summed E-state index contributed by atoms with van der Waals surface area (Å²) in [6.07, 6.45) is 9.33. The Hall–Kier alpha value is -1.63. The molecule has 0 heterocycles. The largest absolute Gasteiger partial charge is 0.295 e. The van der Waals surface area contributed by atoms with Crippen LogP contribution in [-0.4, -0.2) is 5.78 Å². The third-order valence-electron chi connectivity index (χ3n) is 4.81. The Morgan fingerprint density at radius 2 is 1.82 bits per heavy atom. The number of hydrogen-bond acceptors (Lipinski definition) is 1. The molecule has 0 fully saturated rings. The van der Waals surface area contributed by atoms with E-state index < -0.39 is 0 Å². The summed E-state index contributed by atoms with van der Waals surface area (Å²) < 4.78 is 0. The van der Waals surface area contributed by atoms with Crippen LogP contribution in [-0.2, 0) is 4.79 Å². The van der Waals surface area contributed by atoms with Gasteiger partial charge in [-0.2, -0.15) is 0 Å². The molecule has 1 aromatic carbocycles. The van der Waals surface area contributed by atoms with Gasteiger partial charge in [0.25, 0.3) is 0 Å². The van der Waals surface area contributed by atoms with E-state index in [0.29, 0.717) is 5.92 Å². The van der Waals surface area contributed by atoms with E-state index in [1.165, 1.54) is 11.1 Å². The normalized spacial score (nSPS) is 30.0. The predicted molar refractivity (Wildman–Crippen MR) is 93.9 cm³/mol. The van der Waals surface area contributed by atoms with E-state index >= 15 is 0 Å². The molecule has 0 bridgehead atoms. The fraction of sp³-hybridized carbons (Fsp3) is 0.476. The lowest BCUT2D eigenvalue weighted by Gasteiger charge is -2.23. The fourth-order valence-electron chi connectivity index (χ4n) is 3.05. The van der Waals surface area contributed by atoms with Crippen LogP contribution in [0.5, 0.6) is 0 Å². The highest BCUT2D eigenvalue weighted by Crippen LogP contribution is 2.33. The predicted octanol–water partition coefficient (Wildman–Crippen LogP) is 5.69. The highest BCUT2D eigenvalue weighted by Gasteiger charge is 2.25. The second kappa shape index (κ2) is 7.09. The van der Waals surface area contributed by atoms with Gasteiger partial charge >= 0.3 is 0 Å². The molecule has 0 aliphatic heterocycles. The SMILES string of the molecule is C/C1=C\CC(C)(C)/C=C/C(=O)C(C)[C@H](c2ccccc2)CC1. The van der Waals surface area contributed by atoms with Gasteiger partial charge in [0.05, 0.1) is 0 Å². The smallest absolute Gasteiger partial charge is 0.158 e. The van der Waals surface area contributed by atoms with Crippen LogP contribution < -0.4 is 0 Å². The van der Waals surface area contributed by atoms with E-state index in [4.69, 9.17) is 0 Å². The van der Waals surface area contributed by atoms with Crippen molar-refractivity contribution in [1.82, 2.24) is 0 Å². The summed E-state index contributed by atoms with van der Waals surface area (Å²) in [6, 6.07) is 10.5. The molecule has 0 saturated heterocycles. The van der Waals surface area contributed by atoms with Crippen molar-refractivity contribution in [3.8, 4) is 0 Å². The van der Waals surface area contributed by atoms with E-state index in [1.54, 1.807) is 0 Å². The molecule has 0 N–H and O–H groups in total. The summed E-state index contributed by atoms with van der Waals surface area (Å²) in [5, 5.41) is 0. The zero-order valence-electron chi connectivity index (χ0n) is 14.3. The molecule has 0 aromatic heterocycles. The van der Waals surface area contributed by atoms with Crippen LogP contribution in [0.15, 0.2) is 54.1 Å². The Balaban J connectivity index is 2.33. The van der Waals surface area contributed by atoms with Crippen LogP contribution in [0.1, 0.15) is 58.4 Å². The van der Waals surface area contributed by atoms with Crippen molar-refractivity contribution >= 4 is 5.78 Å². The van der Waals surface area contributed by atoms with Gasteiger partial charge < -0.3 is 0 Å². The Labute approximate surface area is 135 Å². The number of hydrogen-bond donors (Lipinski definition) is 0. The molecular weight excluding hydrogens is 268 g/mol. The minimum atomic E-state index is 0.0281. The Morgan fingerprint density at radius 3 is 2.50 bits per heavy atom. The molecule has 22 heavy (non-hydrogen) atoms. The van der Waals surface area contributed by atoms with E-state index in [2.05, 4.69) is 64.1 Å². The van der Waals surface area contributed by atoms with Crippen molar-refractivity contribution in [2.24, 2.45) is 11.3 Å². The van der Waals surface area contributed by atoms with Gasteiger partial charge in [-0.3, -0.25) is 4.79 Å². The monoisotopic (exact) mass is 296 g/mol. The first-order chi connectivity index (χ1) is 10.4. The Kier molecular flexibility index (Phi) is 5.39. The first-order valence-electron chi connectivity index (χ1n) is 8.33. The third-order valence-corrected chi connectivity index (χ3v) is 4.81. The van der Waals surface area contributed by atoms with Crippen molar-refractivity contribution in [2.45, 2.75) is 52.9 Å². The molecule has 1 aromatic rings.